The largest absolute Gasteiger partial charge is 0.412 e. The number of rotatable bonds is 5. The zero-order valence-electron chi connectivity index (χ0n) is 7.15. The normalized spacial score (nSPS) is 18.1. The molecule has 0 aliphatic heterocycles. The van der Waals surface area contributed by atoms with Gasteiger partial charge in [-0.15, -0.1) is 0 Å². The fourth-order valence-electron chi connectivity index (χ4n) is 0.618. The Hall–Kier alpha value is -0.640. The molecule has 4 atom stereocenters. The average molecular weight is 218 g/mol. The van der Waals surface area contributed by atoms with Gasteiger partial charge in [0, 0.05) is 0 Å². The van der Waals surface area contributed by atoms with Crippen LogP contribution in [0, 0.1) is 0 Å². The van der Waals surface area contributed by atoms with Crippen molar-refractivity contribution in [2.24, 2.45) is 0 Å². The summed E-state index contributed by atoms with van der Waals surface area (Å²) in [5.41, 5.74) is 0. The molecule has 7 N–H and O–H groups in total. The zero-order chi connectivity index (χ0) is 9.72. The standard InChI is InChI=1S/C6H12O6.FH.H2O/c7-1-3(9)5(11)6(12)4(10)2-8;;/h1,3-6,8-12H,2H2;1H;1H2/t3-,4+,5+,6+;;/m0../s1. The number of aliphatic hydroxyl groups excluding tert-OH is 5. The third-order valence-corrected chi connectivity index (χ3v) is 1.42. The summed E-state index contributed by atoms with van der Waals surface area (Å²) in [6.07, 6.45) is -6.84. The summed E-state index contributed by atoms with van der Waals surface area (Å²) in [6.45, 7) is -0.760. The Morgan fingerprint density at radius 1 is 1.07 bits per heavy atom. The van der Waals surface area contributed by atoms with Gasteiger partial charge < -0.3 is 35.8 Å². The lowest BCUT2D eigenvalue weighted by molar-refractivity contribution is -0.136. The molecule has 0 aliphatic rings. The molecule has 88 valence electrons. The summed E-state index contributed by atoms with van der Waals surface area (Å²) < 4.78 is 0. The fourth-order valence-corrected chi connectivity index (χ4v) is 0.618. The lowest BCUT2D eigenvalue weighted by Crippen LogP contribution is -2.46. The van der Waals surface area contributed by atoms with Gasteiger partial charge in [0.2, 0.25) is 0 Å². The van der Waals surface area contributed by atoms with Gasteiger partial charge in [0.1, 0.15) is 24.4 Å². The number of carbonyl (C=O) groups is 1. The van der Waals surface area contributed by atoms with Crippen LogP contribution >= 0.6 is 0 Å². The van der Waals surface area contributed by atoms with Crippen LogP contribution in [0.25, 0.3) is 0 Å². The smallest absolute Gasteiger partial charge is 0.151 e. The third kappa shape index (κ3) is 5.17. The van der Waals surface area contributed by atoms with E-state index in [1.807, 2.05) is 0 Å². The number of aldehydes is 1. The molecule has 14 heavy (non-hydrogen) atoms. The maximum atomic E-state index is 9.90. The number of aliphatic hydroxyl groups is 5. The van der Waals surface area contributed by atoms with E-state index in [1.165, 1.54) is 0 Å². The second-order valence-electron chi connectivity index (χ2n) is 2.36. The van der Waals surface area contributed by atoms with Crippen molar-refractivity contribution < 1.29 is 40.5 Å². The zero-order valence-corrected chi connectivity index (χ0v) is 7.15. The molecule has 0 rings (SSSR count). The summed E-state index contributed by atoms with van der Waals surface area (Å²) in [5, 5.41) is 43.5. The second kappa shape index (κ2) is 8.94. The molecule has 0 spiro atoms. The van der Waals surface area contributed by atoms with E-state index in [4.69, 9.17) is 25.5 Å². The van der Waals surface area contributed by atoms with Crippen LogP contribution in [0.3, 0.4) is 0 Å². The molecule has 0 radical (unpaired) electrons. The van der Waals surface area contributed by atoms with E-state index >= 15 is 0 Å². The first-order valence-corrected chi connectivity index (χ1v) is 3.33. The summed E-state index contributed by atoms with van der Waals surface area (Å²) in [7, 11) is 0. The molecular weight excluding hydrogens is 203 g/mol. The van der Waals surface area contributed by atoms with Gasteiger partial charge >= 0.3 is 0 Å². The van der Waals surface area contributed by atoms with Crippen molar-refractivity contribution >= 4 is 6.29 Å². The molecule has 0 aromatic rings. The monoisotopic (exact) mass is 218 g/mol. The fraction of sp³-hybridized carbons (Fsp3) is 0.833. The first kappa shape index (κ1) is 19.0. The highest BCUT2D eigenvalue weighted by Crippen LogP contribution is 2.02. The lowest BCUT2D eigenvalue weighted by Gasteiger charge is -2.22. The van der Waals surface area contributed by atoms with Crippen LogP contribution in [0.5, 0.6) is 0 Å². The molecule has 0 aromatic carbocycles. The molecule has 0 aliphatic carbocycles. The van der Waals surface area contributed by atoms with E-state index in [2.05, 4.69) is 0 Å². The Bertz CT molecular complexity index is 144. The molecule has 0 fully saturated rings. The van der Waals surface area contributed by atoms with Crippen LogP contribution in [-0.4, -0.2) is 68.3 Å². The van der Waals surface area contributed by atoms with Gasteiger partial charge in [0.25, 0.3) is 0 Å². The van der Waals surface area contributed by atoms with E-state index < -0.39 is 31.0 Å². The van der Waals surface area contributed by atoms with Gasteiger partial charge in [0.15, 0.2) is 6.29 Å². The van der Waals surface area contributed by atoms with E-state index in [0.29, 0.717) is 0 Å². The van der Waals surface area contributed by atoms with Gasteiger partial charge in [-0.3, -0.25) is 4.70 Å². The van der Waals surface area contributed by atoms with Crippen molar-refractivity contribution in [3.63, 3.8) is 0 Å². The molecule has 0 saturated carbocycles. The number of hydrogen-bond acceptors (Lipinski definition) is 6. The SMILES string of the molecule is F.O.O=C[C@H](O)[C@@H](O)[C@H](O)[C@H](O)CO. The van der Waals surface area contributed by atoms with Crippen LogP contribution < -0.4 is 0 Å². The van der Waals surface area contributed by atoms with E-state index in [1.54, 1.807) is 0 Å². The predicted molar refractivity (Wildman–Crippen MR) is 43.3 cm³/mol. The minimum Gasteiger partial charge on any atom is -0.412 e. The molecule has 7 nitrogen and oxygen atoms in total. The molecule has 0 unspecified atom stereocenters. The van der Waals surface area contributed by atoms with Gasteiger partial charge in [-0.2, -0.15) is 0 Å². The number of carbonyl (C=O) groups excluding carboxylic acids is 1. The van der Waals surface area contributed by atoms with Gasteiger partial charge in [-0.05, 0) is 0 Å². The van der Waals surface area contributed by atoms with Crippen LogP contribution in [0.4, 0.5) is 4.70 Å². The predicted octanol–water partition coefficient (Wildman–Crippen LogP) is -4.05. The molecule has 8 heteroatoms. The van der Waals surface area contributed by atoms with Crippen molar-refractivity contribution in [1.29, 1.82) is 0 Å². The van der Waals surface area contributed by atoms with E-state index in [9.17, 15) is 4.79 Å². The Morgan fingerprint density at radius 3 is 1.79 bits per heavy atom. The Kier molecular flexibility index (Phi) is 12.1. The summed E-state index contributed by atoms with van der Waals surface area (Å²) in [4.78, 5) is 9.90. The quantitative estimate of drug-likeness (QED) is 0.296. The van der Waals surface area contributed by atoms with E-state index in [0.717, 1.165) is 0 Å². The Labute approximate surface area is 78.9 Å². The van der Waals surface area contributed by atoms with Crippen LogP contribution in [-0.2, 0) is 4.79 Å². The lowest BCUT2D eigenvalue weighted by atomic mass is 10.0. The molecule has 0 amide bonds. The summed E-state index contributed by atoms with van der Waals surface area (Å²) >= 11 is 0. The van der Waals surface area contributed by atoms with Crippen LogP contribution in [0.15, 0.2) is 0 Å². The van der Waals surface area contributed by atoms with Crippen molar-refractivity contribution in [3.05, 3.63) is 0 Å². The molecule has 0 saturated heterocycles. The highest BCUT2D eigenvalue weighted by molar-refractivity contribution is 5.56. The van der Waals surface area contributed by atoms with Crippen molar-refractivity contribution in [2.45, 2.75) is 24.4 Å². The maximum absolute atomic E-state index is 9.90. The van der Waals surface area contributed by atoms with E-state index in [-0.39, 0.29) is 16.5 Å². The Balaban J connectivity index is -0.000000605. The third-order valence-electron chi connectivity index (χ3n) is 1.42. The Morgan fingerprint density at radius 2 is 1.50 bits per heavy atom. The summed E-state index contributed by atoms with van der Waals surface area (Å²) in [5.74, 6) is 0. The maximum Gasteiger partial charge on any atom is 0.151 e. The van der Waals surface area contributed by atoms with Crippen molar-refractivity contribution in [1.82, 2.24) is 0 Å². The number of hydrogen-bond donors (Lipinski definition) is 5. The van der Waals surface area contributed by atoms with Gasteiger partial charge in [0.05, 0.1) is 6.61 Å². The second-order valence-corrected chi connectivity index (χ2v) is 2.36. The minimum atomic E-state index is -1.79. The van der Waals surface area contributed by atoms with Crippen molar-refractivity contribution in [3.8, 4) is 0 Å². The molecule has 0 bridgehead atoms. The van der Waals surface area contributed by atoms with Gasteiger partial charge in [-0.1, -0.05) is 0 Å². The van der Waals surface area contributed by atoms with Crippen LogP contribution in [0.1, 0.15) is 0 Å². The van der Waals surface area contributed by atoms with Crippen LogP contribution in [0.2, 0.25) is 0 Å². The highest BCUT2D eigenvalue weighted by atomic mass is 19.0. The number of halogens is 1. The average Bonchev–Trinajstić information content (AvgIpc) is 2.12. The molecular formula is C6H15FO7. The van der Waals surface area contributed by atoms with Crippen molar-refractivity contribution in [2.75, 3.05) is 6.61 Å². The highest BCUT2D eigenvalue weighted by Gasteiger charge is 2.29. The van der Waals surface area contributed by atoms with Gasteiger partial charge in [-0.25, -0.2) is 0 Å². The molecule has 0 aromatic heterocycles. The summed E-state index contributed by atoms with van der Waals surface area (Å²) in [6, 6.07) is 0. The first-order chi connectivity index (χ1) is 5.54. The minimum absolute atomic E-state index is 0. The first-order valence-electron chi connectivity index (χ1n) is 3.33. The molecule has 0 heterocycles. The topological polar surface area (TPSA) is 150 Å².